The van der Waals surface area contributed by atoms with Crippen LogP contribution in [0.3, 0.4) is 0 Å². The lowest BCUT2D eigenvalue weighted by Gasteiger charge is -2.28. The lowest BCUT2D eigenvalue weighted by atomic mass is 10.0. The highest BCUT2D eigenvalue weighted by atomic mass is 32.1. The van der Waals surface area contributed by atoms with Gasteiger partial charge in [-0.25, -0.2) is 15.0 Å². The van der Waals surface area contributed by atoms with Gasteiger partial charge in [-0.15, -0.1) is 11.3 Å². The van der Waals surface area contributed by atoms with Gasteiger partial charge in [0.2, 0.25) is 0 Å². The van der Waals surface area contributed by atoms with E-state index >= 15 is 0 Å². The van der Waals surface area contributed by atoms with Crippen molar-refractivity contribution in [2.24, 2.45) is 0 Å². The number of aromatic nitrogens is 5. The number of nitrogens with one attached hydrogen (secondary N) is 1. The number of thiazole rings is 1. The van der Waals surface area contributed by atoms with Gasteiger partial charge in [0.05, 0.1) is 24.0 Å². The fraction of sp³-hybridized carbons (Fsp3) is 0.222. The molecule has 7 nitrogen and oxygen atoms in total. The summed E-state index contributed by atoms with van der Waals surface area (Å²) in [5.74, 6) is 0.959. The molecule has 5 rings (SSSR count). The molecule has 1 aromatic carbocycles. The zero-order valence-corrected chi connectivity index (χ0v) is 15.0. The SMILES string of the molecule is Cc1cc(-c2cn[nH]c2)cc2c(N3CCc4nc(N)sc4C3)ncnc12. The molecular formula is C18H17N7S. The van der Waals surface area contributed by atoms with Crippen LogP contribution in [0.4, 0.5) is 10.9 Å². The Labute approximate surface area is 153 Å². The third-order valence-corrected chi connectivity index (χ3v) is 5.70. The van der Waals surface area contributed by atoms with Gasteiger partial charge in [-0.05, 0) is 30.2 Å². The molecule has 1 aliphatic rings. The van der Waals surface area contributed by atoms with E-state index in [9.17, 15) is 0 Å². The largest absolute Gasteiger partial charge is 0.375 e. The van der Waals surface area contributed by atoms with E-state index < -0.39 is 0 Å². The van der Waals surface area contributed by atoms with Crippen LogP contribution in [0, 0.1) is 6.92 Å². The number of H-pyrrole nitrogens is 1. The molecule has 0 aliphatic carbocycles. The molecular weight excluding hydrogens is 346 g/mol. The number of hydrogen-bond donors (Lipinski definition) is 2. The average molecular weight is 363 g/mol. The summed E-state index contributed by atoms with van der Waals surface area (Å²) in [5.41, 5.74) is 11.3. The molecule has 0 atom stereocenters. The number of benzene rings is 1. The number of rotatable bonds is 2. The van der Waals surface area contributed by atoms with Crippen molar-refractivity contribution in [3.8, 4) is 11.1 Å². The maximum Gasteiger partial charge on any atom is 0.180 e. The molecule has 1 aliphatic heterocycles. The molecule has 130 valence electrons. The van der Waals surface area contributed by atoms with Gasteiger partial charge in [0.1, 0.15) is 12.1 Å². The van der Waals surface area contributed by atoms with Crippen LogP contribution < -0.4 is 10.6 Å². The van der Waals surface area contributed by atoms with Crippen molar-refractivity contribution in [1.29, 1.82) is 0 Å². The van der Waals surface area contributed by atoms with Gasteiger partial charge in [-0.2, -0.15) is 5.10 Å². The van der Waals surface area contributed by atoms with Crippen molar-refractivity contribution in [2.75, 3.05) is 17.2 Å². The number of nitrogens with two attached hydrogens (primary N) is 1. The van der Waals surface area contributed by atoms with Crippen molar-refractivity contribution in [3.05, 3.63) is 47.0 Å². The second-order valence-corrected chi connectivity index (χ2v) is 7.58. The highest BCUT2D eigenvalue weighted by Gasteiger charge is 2.23. The van der Waals surface area contributed by atoms with E-state index in [4.69, 9.17) is 5.73 Å². The maximum absolute atomic E-state index is 5.88. The Bertz CT molecular complexity index is 1100. The number of nitrogens with zero attached hydrogens (tertiary/aromatic N) is 5. The lowest BCUT2D eigenvalue weighted by molar-refractivity contribution is 0.721. The summed E-state index contributed by atoms with van der Waals surface area (Å²) in [6, 6.07) is 4.29. The van der Waals surface area contributed by atoms with Gasteiger partial charge >= 0.3 is 0 Å². The number of hydrogen-bond acceptors (Lipinski definition) is 7. The molecule has 3 aromatic heterocycles. The molecule has 0 saturated heterocycles. The summed E-state index contributed by atoms with van der Waals surface area (Å²) in [6.45, 7) is 3.74. The van der Waals surface area contributed by atoms with Crippen molar-refractivity contribution >= 4 is 33.2 Å². The summed E-state index contributed by atoms with van der Waals surface area (Å²) < 4.78 is 0. The van der Waals surface area contributed by atoms with E-state index in [1.165, 1.54) is 4.88 Å². The van der Waals surface area contributed by atoms with Crippen LogP contribution in [0.15, 0.2) is 30.9 Å². The highest BCUT2D eigenvalue weighted by molar-refractivity contribution is 7.15. The van der Waals surface area contributed by atoms with Crippen LogP contribution in [-0.4, -0.2) is 31.7 Å². The van der Waals surface area contributed by atoms with Gasteiger partial charge in [-0.3, -0.25) is 5.10 Å². The third-order valence-electron chi connectivity index (χ3n) is 4.79. The maximum atomic E-state index is 5.88. The zero-order valence-electron chi connectivity index (χ0n) is 14.2. The van der Waals surface area contributed by atoms with E-state index in [-0.39, 0.29) is 0 Å². The van der Waals surface area contributed by atoms with Gasteiger partial charge in [0, 0.05) is 35.0 Å². The molecule has 0 fully saturated rings. The van der Waals surface area contributed by atoms with Crippen molar-refractivity contribution in [1.82, 2.24) is 25.1 Å². The quantitative estimate of drug-likeness (QED) is 0.568. The highest BCUT2D eigenvalue weighted by Crippen LogP contribution is 2.34. The summed E-state index contributed by atoms with van der Waals surface area (Å²) in [6.07, 6.45) is 6.27. The van der Waals surface area contributed by atoms with Crippen LogP contribution in [0.5, 0.6) is 0 Å². The number of anilines is 2. The Morgan fingerprint density at radius 1 is 1.23 bits per heavy atom. The second-order valence-electron chi connectivity index (χ2n) is 6.47. The summed E-state index contributed by atoms with van der Waals surface area (Å²) >= 11 is 1.57. The van der Waals surface area contributed by atoms with Crippen LogP contribution in [0.25, 0.3) is 22.0 Å². The monoisotopic (exact) mass is 363 g/mol. The molecule has 4 aromatic rings. The average Bonchev–Trinajstić information content (AvgIpc) is 3.29. The first-order valence-electron chi connectivity index (χ1n) is 8.42. The molecule has 26 heavy (non-hydrogen) atoms. The summed E-state index contributed by atoms with van der Waals surface area (Å²) in [5, 5.41) is 8.64. The first-order valence-corrected chi connectivity index (χ1v) is 9.24. The molecule has 8 heteroatoms. The van der Waals surface area contributed by atoms with Crippen molar-refractivity contribution in [2.45, 2.75) is 19.9 Å². The Morgan fingerprint density at radius 3 is 3.00 bits per heavy atom. The fourth-order valence-corrected chi connectivity index (χ4v) is 4.45. The third kappa shape index (κ3) is 2.41. The molecule has 3 N–H and O–H groups in total. The minimum Gasteiger partial charge on any atom is -0.375 e. The minimum absolute atomic E-state index is 0.641. The first-order chi connectivity index (χ1) is 12.7. The second kappa shape index (κ2) is 5.77. The summed E-state index contributed by atoms with van der Waals surface area (Å²) in [4.78, 5) is 17.1. The van der Waals surface area contributed by atoms with E-state index in [0.29, 0.717) is 5.13 Å². The molecule has 0 saturated carbocycles. The van der Waals surface area contributed by atoms with Gasteiger partial charge in [-0.1, -0.05) is 0 Å². The Balaban J connectivity index is 1.64. The number of nitrogen functional groups attached to an aromatic ring is 1. The minimum atomic E-state index is 0.641. The van der Waals surface area contributed by atoms with Gasteiger partial charge < -0.3 is 10.6 Å². The van der Waals surface area contributed by atoms with Crippen LogP contribution in [-0.2, 0) is 13.0 Å². The van der Waals surface area contributed by atoms with E-state index in [1.807, 2.05) is 12.4 Å². The lowest BCUT2D eigenvalue weighted by Crippen LogP contribution is -2.30. The molecule has 4 heterocycles. The Kier molecular flexibility index (Phi) is 3.39. The smallest absolute Gasteiger partial charge is 0.180 e. The zero-order chi connectivity index (χ0) is 17.7. The van der Waals surface area contributed by atoms with Gasteiger partial charge in [0.25, 0.3) is 0 Å². The molecule has 0 spiro atoms. The van der Waals surface area contributed by atoms with Crippen LogP contribution in [0.2, 0.25) is 0 Å². The topological polar surface area (TPSA) is 96.6 Å². The Morgan fingerprint density at radius 2 is 2.15 bits per heavy atom. The first kappa shape index (κ1) is 15.3. The molecule has 0 amide bonds. The summed E-state index contributed by atoms with van der Waals surface area (Å²) in [7, 11) is 0. The van der Waals surface area contributed by atoms with E-state index in [0.717, 1.165) is 58.6 Å². The number of fused-ring (bicyclic) bond motifs is 2. The van der Waals surface area contributed by atoms with Crippen molar-refractivity contribution < 1.29 is 0 Å². The standard InChI is InChI=1S/C18H17N7S/c1-10-4-11(12-6-22-23-7-12)5-13-16(10)20-9-21-17(13)25-3-2-14-15(8-25)26-18(19)24-14/h4-7,9H,2-3,8H2,1H3,(H2,19,24)(H,22,23). The van der Waals surface area contributed by atoms with E-state index in [1.54, 1.807) is 17.7 Å². The fourth-order valence-electron chi connectivity index (χ4n) is 3.56. The predicted molar refractivity (Wildman–Crippen MR) is 103 cm³/mol. The molecule has 0 bridgehead atoms. The van der Waals surface area contributed by atoms with Crippen LogP contribution in [0.1, 0.15) is 16.1 Å². The Hall–Kier alpha value is -3.00. The van der Waals surface area contributed by atoms with Gasteiger partial charge in [0.15, 0.2) is 5.13 Å². The molecule has 0 radical (unpaired) electrons. The van der Waals surface area contributed by atoms with E-state index in [2.05, 4.69) is 49.1 Å². The normalized spacial score (nSPS) is 14.0. The molecule has 0 unspecified atom stereocenters. The number of aromatic amines is 1. The number of aryl methyl sites for hydroxylation is 1. The van der Waals surface area contributed by atoms with Crippen LogP contribution >= 0.6 is 11.3 Å². The van der Waals surface area contributed by atoms with Crippen molar-refractivity contribution in [3.63, 3.8) is 0 Å². The predicted octanol–water partition coefficient (Wildman–Crippen LogP) is 2.93.